The van der Waals surface area contributed by atoms with Crippen LogP contribution in [-0.2, 0) is 13.1 Å². The van der Waals surface area contributed by atoms with E-state index in [-0.39, 0.29) is 5.82 Å². The first-order chi connectivity index (χ1) is 7.72. The number of hydrogen-bond donors (Lipinski definition) is 0. The number of thiazole rings is 1. The zero-order chi connectivity index (χ0) is 11.1. The average molecular weight is 234 g/mol. The molecule has 0 atom stereocenters. The van der Waals surface area contributed by atoms with Crippen molar-refractivity contribution in [1.82, 2.24) is 9.88 Å². The first-order valence-corrected chi connectivity index (χ1v) is 5.97. The first-order valence-electron chi connectivity index (χ1n) is 5.15. The summed E-state index contributed by atoms with van der Waals surface area (Å²) in [6.45, 7) is 1.90. The smallest absolute Gasteiger partial charge is 0.123 e. The molecule has 4 heteroatoms. The first kappa shape index (κ1) is 9.93. The van der Waals surface area contributed by atoms with Gasteiger partial charge in [-0.3, -0.25) is 4.90 Å². The van der Waals surface area contributed by atoms with E-state index in [1.165, 1.54) is 22.7 Å². The molecule has 1 aromatic carbocycles. The van der Waals surface area contributed by atoms with Crippen molar-refractivity contribution in [2.45, 2.75) is 13.1 Å². The molecule has 1 aliphatic rings. The Hall–Kier alpha value is -1.26. The predicted octanol–water partition coefficient (Wildman–Crippen LogP) is 2.89. The highest BCUT2D eigenvalue weighted by molar-refractivity contribution is 7.15. The Morgan fingerprint density at radius 2 is 2.00 bits per heavy atom. The predicted molar refractivity (Wildman–Crippen MR) is 62.7 cm³/mol. The van der Waals surface area contributed by atoms with Crippen molar-refractivity contribution in [3.05, 3.63) is 40.7 Å². The highest BCUT2D eigenvalue weighted by atomic mass is 32.1. The Kier molecular flexibility index (Phi) is 2.26. The molecule has 2 heterocycles. The highest BCUT2D eigenvalue weighted by Gasteiger charge is 2.20. The molecule has 0 spiro atoms. The minimum Gasteiger partial charge on any atom is -0.295 e. The summed E-state index contributed by atoms with van der Waals surface area (Å²) in [5, 5.41) is 0.998. The van der Waals surface area contributed by atoms with Crippen molar-refractivity contribution in [3.8, 4) is 10.6 Å². The summed E-state index contributed by atoms with van der Waals surface area (Å²) < 4.78 is 12.8. The van der Waals surface area contributed by atoms with E-state index in [4.69, 9.17) is 0 Å². The topological polar surface area (TPSA) is 16.1 Å². The third-order valence-corrected chi connectivity index (χ3v) is 3.83. The lowest BCUT2D eigenvalue weighted by atomic mass is 10.2. The average Bonchev–Trinajstić information content (AvgIpc) is 2.75. The van der Waals surface area contributed by atoms with Gasteiger partial charge in [0.1, 0.15) is 10.8 Å². The van der Waals surface area contributed by atoms with Gasteiger partial charge in [0.15, 0.2) is 0 Å². The van der Waals surface area contributed by atoms with Crippen LogP contribution in [0, 0.1) is 5.82 Å². The van der Waals surface area contributed by atoms with Crippen LogP contribution in [-0.4, -0.2) is 16.9 Å². The molecule has 2 nitrogen and oxygen atoms in total. The van der Waals surface area contributed by atoms with E-state index in [1.807, 2.05) is 0 Å². The van der Waals surface area contributed by atoms with Gasteiger partial charge in [-0.2, -0.15) is 0 Å². The van der Waals surface area contributed by atoms with Gasteiger partial charge in [0.05, 0.1) is 5.69 Å². The van der Waals surface area contributed by atoms with Gasteiger partial charge in [-0.05, 0) is 31.3 Å². The molecule has 2 aromatic rings. The molecule has 16 heavy (non-hydrogen) atoms. The molecule has 0 N–H and O–H groups in total. The molecule has 1 aliphatic heterocycles. The fourth-order valence-electron chi connectivity index (χ4n) is 1.90. The standard InChI is InChI=1S/C12H11FN2S/c1-15-6-10-11(7-15)16-12(14-10)8-2-4-9(13)5-3-8/h2-5H,6-7H2,1H3. The molecule has 3 rings (SSSR count). The van der Waals surface area contributed by atoms with Gasteiger partial charge in [-0.1, -0.05) is 0 Å². The zero-order valence-corrected chi connectivity index (χ0v) is 9.72. The minimum atomic E-state index is -0.201. The second kappa shape index (κ2) is 3.64. The van der Waals surface area contributed by atoms with Crippen molar-refractivity contribution in [2.75, 3.05) is 7.05 Å². The van der Waals surface area contributed by atoms with E-state index in [2.05, 4.69) is 16.9 Å². The number of hydrogen-bond acceptors (Lipinski definition) is 3. The van der Waals surface area contributed by atoms with Crippen molar-refractivity contribution in [3.63, 3.8) is 0 Å². The molecule has 0 bridgehead atoms. The summed E-state index contributed by atoms with van der Waals surface area (Å²) >= 11 is 1.71. The normalized spacial score (nSPS) is 15.4. The number of rotatable bonds is 1. The van der Waals surface area contributed by atoms with E-state index in [0.717, 1.165) is 23.7 Å². The van der Waals surface area contributed by atoms with E-state index in [1.54, 1.807) is 23.5 Å². The number of aromatic nitrogens is 1. The third kappa shape index (κ3) is 1.64. The van der Waals surface area contributed by atoms with Crippen LogP contribution in [0.25, 0.3) is 10.6 Å². The maximum absolute atomic E-state index is 12.8. The molecule has 0 saturated heterocycles. The van der Waals surface area contributed by atoms with Crippen molar-refractivity contribution in [1.29, 1.82) is 0 Å². The molecule has 0 radical (unpaired) electrons. The summed E-state index contributed by atoms with van der Waals surface area (Å²) in [4.78, 5) is 8.17. The second-order valence-electron chi connectivity index (χ2n) is 4.07. The van der Waals surface area contributed by atoms with Gasteiger partial charge in [0.25, 0.3) is 0 Å². The van der Waals surface area contributed by atoms with Crippen LogP contribution in [0.15, 0.2) is 24.3 Å². The minimum absolute atomic E-state index is 0.201. The van der Waals surface area contributed by atoms with E-state index in [9.17, 15) is 4.39 Å². The summed E-state index contributed by atoms with van der Waals surface area (Å²) in [5.41, 5.74) is 2.18. The van der Waals surface area contributed by atoms with Gasteiger partial charge in [-0.15, -0.1) is 11.3 Å². The molecule has 0 fully saturated rings. The molecular weight excluding hydrogens is 223 g/mol. The number of nitrogens with zero attached hydrogens (tertiary/aromatic N) is 2. The quantitative estimate of drug-likeness (QED) is 0.754. The Morgan fingerprint density at radius 3 is 2.69 bits per heavy atom. The lowest BCUT2D eigenvalue weighted by molar-refractivity contribution is 0.352. The van der Waals surface area contributed by atoms with Gasteiger partial charge in [0, 0.05) is 23.5 Å². The fourth-order valence-corrected chi connectivity index (χ4v) is 3.06. The van der Waals surface area contributed by atoms with Crippen molar-refractivity contribution < 1.29 is 4.39 Å². The number of halogens is 1. The summed E-state index contributed by atoms with van der Waals surface area (Å²) in [7, 11) is 2.09. The Bertz CT molecular complexity index is 495. The number of fused-ring (bicyclic) bond motifs is 1. The lowest BCUT2D eigenvalue weighted by Gasteiger charge is -2.04. The monoisotopic (exact) mass is 234 g/mol. The van der Waals surface area contributed by atoms with Crippen LogP contribution in [0.3, 0.4) is 0 Å². The molecule has 1 aromatic heterocycles. The van der Waals surface area contributed by atoms with Crippen molar-refractivity contribution >= 4 is 11.3 Å². The summed E-state index contributed by atoms with van der Waals surface area (Å²) in [6, 6.07) is 6.53. The third-order valence-electron chi connectivity index (χ3n) is 2.70. The van der Waals surface area contributed by atoms with E-state index < -0.39 is 0 Å². The summed E-state index contributed by atoms with van der Waals surface area (Å²) in [6.07, 6.45) is 0. The van der Waals surface area contributed by atoms with Crippen LogP contribution >= 0.6 is 11.3 Å². The van der Waals surface area contributed by atoms with Crippen LogP contribution in [0.4, 0.5) is 4.39 Å². The molecule has 0 aliphatic carbocycles. The Balaban J connectivity index is 1.97. The largest absolute Gasteiger partial charge is 0.295 e. The van der Waals surface area contributed by atoms with Gasteiger partial charge in [-0.25, -0.2) is 9.37 Å². The maximum Gasteiger partial charge on any atom is 0.123 e. The molecule has 0 saturated carbocycles. The molecular formula is C12H11FN2S. The fraction of sp³-hybridized carbons (Fsp3) is 0.250. The second-order valence-corrected chi connectivity index (χ2v) is 5.15. The lowest BCUT2D eigenvalue weighted by Crippen LogP contribution is -2.08. The Labute approximate surface area is 97.4 Å². The molecule has 82 valence electrons. The summed E-state index contributed by atoms with van der Waals surface area (Å²) in [5.74, 6) is -0.201. The SMILES string of the molecule is CN1Cc2nc(-c3ccc(F)cc3)sc2C1. The van der Waals surface area contributed by atoms with E-state index in [0.29, 0.717) is 0 Å². The molecule has 0 amide bonds. The van der Waals surface area contributed by atoms with Gasteiger partial charge in [0.2, 0.25) is 0 Å². The maximum atomic E-state index is 12.8. The molecule has 0 unspecified atom stereocenters. The van der Waals surface area contributed by atoms with Crippen molar-refractivity contribution in [2.24, 2.45) is 0 Å². The number of benzene rings is 1. The zero-order valence-electron chi connectivity index (χ0n) is 8.90. The van der Waals surface area contributed by atoms with Crippen LogP contribution in [0.2, 0.25) is 0 Å². The van der Waals surface area contributed by atoms with Crippen LogP contribution in [0.5, 0.6) is 0 Å². The highest BCUT2D eigenvalue weighted by Crippen LogP contribution is 2.32. The van der Waals surface area contributed by atoms with Crippen LogP contribution in [0.1, 0.15) is 10.6 Å². The van der Waals surface area contributed by atoms with Gasteiger partial charge >= 0.3 is 0 Å². The van der Waals surface area contributed by atoms with E-state index >= 15 is 0 Å². The Morgan fingerprint density at radius 1 is 1.25 bits per heavy atom. The van der Waals surface area contributed by atoms with Crippen LogP contribution < -0.4 is 0 Å². The van der Waals surface area contributed by atoms with Gasteiger partial charge < -0.3 is 0 Å².